The Kier molecular flexibility index (Phi) is 6.99. The lowest BCUT2D eigenvalue weighted by Gasteiger charge is -2.07. The highest BCUT2D eigenvalue weighted by atomic mass is 35.5. The van der Waals surface area contributed by atoms with Gasteiger partial charge < -0.3 is 10.1 Å². The lowest BCUT2D eigenvalue weighted by molar-refractivity contribution is -0.133. The number of hydrogen-bond acceptors (Lipinski definition) is 4. The smallest absolute Gasteiger partial charge is 0.330 e. The molecule has 1 N–H and O–H groups in total. The molecule has 148 valence electrons. The van der Waals surface area contributed by atoms with Crippen molar-refractivity contribution >= 4 is 35.1 Å². The Morgan fingerprint density at radius 1 is 0.967 bits per heavy atom. The number of rotatable bonds is 6. The molecule has 0 fully saturated rings. The molecule has 0 spiro atoms. The number of hydrogen-bond donors (Lipinski definition) is 1. The van der Waals surface area contributed by atoms with Crippen LogP contribution in [0, 0.1) is 11.3 Å². The van der Waals surface area contributed by atoms with Crippen molar-refractivity contribution in [1.82, 2.24) is 5.32 Å². The highest BCUT2D eigenvalue weighted by Gasteiger charge is 2.09. The predicted octanol–water partition coefficient (Wildman–Crippen LogP) is 4.74. The largest absolute Gasteiger partial charge is 0.425 e. The maximum atomic E-state index is 12.0. The van der Waals surface area contributed by atoms with Crippen molar-refractivity contribution < 1.29 is 14.3 Å². The van der Waals surface area contributed by atoms with E-state index in [9.17, 15) is 14.9 Å². The van der Waals surface area contributed by atoms with Crippen LogP contribution in [0.25, 0.3) is 11.6 Å². The summed E-state index contributed by atoms with van der Waals surface area (Å²) >= 11 is 5.99. The number of nitrogens with zero attached hydrogens (tertiary/aromatic N) is 1. The van der Waals surface area contributed by atoms with Gasteiger partial charge in [0.25, 0.3) is 5.91 Å². The molecule has 3 aromatic rings. The summed E-state index contributed by atoms with van der Waals surface area (Å²) in [5.41, 5.74) is 2.42. The van der Waals surface area contributed by atoms with E-state index in [0.717, 1.165) is 11.1 Å². The molecule has 0 unspecified atom stereocenters. The molecule has 0 heterocycles. The van der Waals surface area contributed by atoms with Gasteiger partial charge in [-0.05, 0) is 53.6 Å². The maximum Gasteiger partial charge on any atom is 0.330 e. The minimum atomic E-state index is -0.584. The first-order valence-corrected chi connectivity index (χ1v) is 9.44. The van der Waals surface area contributed by atoms with Crippen LogP contribution in [0.5, 0.6) is 5.75 Å². The minimum Gasteiger partial charge on any atom is -0.425 e. The summed E-state index contributed by atoms with van der Waals surface area (Å²) in [6.07, 6.45) is 1.72. The number of nitriles is 1. The van der Waals surface area contributed by atoms with E-state index < -0.39 is 5.97 Å². The molecule has 0 saturated carbocycles. The van der Waals surface area contributed by atoms with Gasteiger partial charge in [0.1, 0.15) is 12.3 Å². The van der Waals surface area contributed by atoms with E-state index in [1.54, 1.807) is 84.9 Å². The molecule has 1 amide bonds. The average Bonchev–Trinajstić information content (AvgIpc) is 2.77. The Balaban J connectivity index is 1.59. The Hall–Kier alpha value is -3.88. The molecule has 5 nitrogen and oxygen atoms in total. The Labute approximate surface area is 179 Å². The van der Waals surface area contributed by atoms with E-state index >= 15 is 0 Å². The van der Waals surface area contributed by atoms with Crippen LogP contribution in [0.1, 0.15) is 21.5 Å². The van der Waals surface area contributed by atoms with Crippen molar-refractivity contribution in [1.29, 1.82) is 5.26 Å². The van der Waals surface area contributed by atoms with Crippen LogP contribution in [-0.4, -0.2) is 18.4 Å². The first kappa shape index (κ1) is 20.8. The number of halogens is 1. The van der Waals surface area contributed by atoms with Gasteiger partial charge in [-0.25, -0.2) is 4.79 Å². The lowest BCUT2D eigenvalue weighted by atomic mass is 10.0. The second-order valence-corrected chi connectivity index (χ2v) is 6.71. The number of allylic oxidation sites excluding steroid dienone is 1. The molecule has 6 heteroatoms. The van der Waals surface area contributed by atoms with Gasteiger partial charge in [-0.3, -0.25) is 4.79 Å². The van der Waals surface area contributed by atoms with Crippen molar-refractivity contribution in [2.45, 2.75) is 0 Å². The van der Waals surface area contributed by atoms with Crippen LogP contribution in [-0.2, 0) is 4.79 Å². The molecule has 3 rings (SSSR count). The Morgan fingerprint density at radius 3 is 2.33 bits per heavy atom. The number of amides is 1. The van der Waals surface area contributed by atoms with Crippen LogP contribution in [0.2, 0.25) is 5.02 Å². The van der Waals surface area contributed by atoms with Crippen LogP contribution in [0.4, 0.5) is 0 Å². The summed E-state index contributed by atoms with van der Waals surface area (Å²) in [6.45, 7) is -0.247. The van der Waals surface area contributed by atoms with Crippen LogP contribution >= 0.6 is 11.6 Å². The van der Waals surface area contributed by atoms with Crippen molar-refractivity contribution in [2.75, 3.05) is 6.54 Å². The van der Waals surface area contributed by atoms with Gasteiger partial charge in [0.15, 0.2) is 0 Å². The number of ether oxygens (including phenoxy) is 1. The first-order valence-electron chi connectivity index (χ1n) is 9.07. The molecule has 0 atom stereocenters. The molecule has 0 saturated heterocycles. The van der Waals surface area contributed by atoms with Gasteiger partial charge in [-0.15, -0.1) is 0 Å². The summed E-state index contributed by atoms with van der Waals surface area (Å²) in [4.78, 5) is 23.9. The molecule has 3 aromatic carbocycles. The van der Waals surface area contributed by atoms with E-state index in [1.807, 2.05) is 0 Å². The third-order valence-electron chi connectivity index (χ3n) is 4.11. The molecule has 0 bridgehead atoms. The summed E-state index contributed by atoms with van der Waals surface area (Å²) in [5.74, 6) is -0.593. The fourth-order valence-corrected chi connectivity index (χ4v) is 2.84. The topological polar surface area (TPSA) is 79.2 Å². The zero-order valence-corrected chi connectivity index (χ0v) is 16.6. The van der Waals surface area contributed by atoms with Crippen molar-refractivity contribution in [2.24, 2.45) is 0 Å². The highest BCUT2D eigenvalue weighted by Crippen LogP contribution is 2.22. The fraction of sp³-hybridized carbons (Fsp3) is 0.0417. The van der Waals surface area contributed by atoms with Gasteiger partial charge in [0.05, 0.1) is 11.6 Å². The van der Waals surface area contributed by atoms with Crippen LogP contribution < -0.4 is 10.1 Å². The lowest BCUT2D eigenvalue weighted by Crippen LogP contribution is -2.31. The van der Waals surface area contributed by atoms with Gasteiger partial charge in [-0.1, -0.05) is 54.1 Å². The van der Waals surface area contributed by atoms with E-state index in [2.05, 4.69) is 11.4 Å². The normalized spacial score (nSPS) is 10.7. The Morgan fingerprint density at radius 2 is 1.67 bits per heavy atom. The van der Waals surface area contributed by atoms with E-state index in [1.165, 1.54) is 0 Å². The quantitative estimate of drug-likeness (QED) is 0.272. The van der Waals surface area contributed by atoms with Crippen LogP contribution in [0.3, 0.4) is 0 Å². The molecule has 30 heavy (non-hydrogen) atoms. The number of carbonyl (C=O) groups is 2. The van der Waals surface area contributed by atoms with Crippen LogP contribution in [0.15, 0.2) is 78.9 Å². The third kappa shape index (κ3) is 5.81. The fourth-order valence-electron chi connectivity index (χ4n) is 2.65. The standard InChI is InChI=1S/C24H17ClN2O3/c25-21-8-4-7-19(14-21)20(15-26)13-17-9-11-22(12-10-17)30-23(28)16-27-24(29)18-5-2-1-3-6-18/h1-14H,16H2,(H,27,29)/b20-13-. The Bertz CT molecular complexity index is 1120. The number of esters is 1. The highest BCUT2D eigenvalue weighted by molar-refractivity contribution is 6.30. The van der Waals surface area contributed by atoms with Gasteiger partial charge in [0.2, 0.25) is 0 Å². The molecular weight excluding hydrogens is 400 g/mol. The van der Waals surface area contributed by atoms with Gasteiger partial charge in [-0.2, -0.15) is 5.26 Å². The molecule has 0 aliphatic rings. The summed E-state index contributed by atoms with van der Waals surface area (Å²) < 4.78 is 5.23. The number of nitrogens with one attached hydrogen (secondary N) is 1. The summed E-state index contributed by atoms with van der Waals surface area (Å²) in [7, 11) is 0. The zero-order chi connectivity index (χ0) is 21.3. The van der Waals surface area contributed by atoms with Crippen molar-refractivity contribution in [3.8, 4) is 11.8 Å². The van der Waals surface area contributed by atoms with Crippen molar-refractivity contribution in [3.63, 3.8) is 0 Å². The minimum absolute atomic E-state index is 0.247. The average molecular weight is 417 g/mol. The van der Waals surface area contributed by atoms with Crippen molar-refractivity contribution in [3.05, 3.63) is 101 Å². The van der Waals surface area contributed by atoms with E-state index in [0.29, 0.717) is 21.9 Å². The summed E-state index contributed by atoms with van der Waals surface area (Å²) in [5, 5.41) is 12.5. The second-order valence-electron chi connectivity index (χ2n) is 6.27. The molecular formula is C24H17ClN2O3. The third-order valence-corrected chi connectivity index (χ3v) is 4.34. The predicted molar refractivity (Wildman–Crippen MR) is 116 cm³/mol. The second kappa shape index (κ2) is 10.1. The maximum absolute atomic E-state index is 12.0. The molecule has 0 radical (unpaired) electrons. The molecule has 0 aliphatic carbocycles. The van der Waals surface area contributed by atoms with Gasteiger partial charge >= 0.3 is 5.97 Å². The molecule has 0 aromatic heterocycles. The zero-order valence-electron chi connectivity index (χ0n) is 15.8. The monoisotopic (exact) mass is 416 g/mol. The van der Waals surface area contributed by atoms with E-state index in [4.69, 9.17) is 16.3 Å². The molecule has 0 aliphatic heterocycles. The number of carbonyl (C=O) groups excluding carboxylic acids is 2. The van der Waals surface area contributed by atoms with Gasteiger partial charge in [0, 0.05) is 10.6 Å². The van der Waals surface area contributed by atoms with E-state index in [-0.39, 0.29) is 12.5 Å². The first-order chi connectivity index (χ1) is 14.5. The summed E-state index contributed by atoms with van der Waals surface area (Å²) in [6, 6.07) is 24.5. The SMILES string of the molecule is N#C/C(=C/c1ccc(OC(=O)CNC(=O)c2ccccc2)cc1)c1cccc(Cl)c1. The number of benzene rings is 3.